The van der Waals surface area contributed by atoms with Crippen LogP contribution in [0.5, 0.6) is 0 Å². The van der Waals surface area contributed by atoms with E-state index in [0.29, 0.717) is 11.6 Å². The monoisotopic (exact) mass is 330 g/mol. The van der Waals surface area contributed by atoms with Crippen molar-refractivity contribution in [3.63, 3.8) is 0 Å². The smallest absolute Gasteiger partial charge is 0.115 e. The number of nitrogens with zero attached hydrogens (tertiary/aromatic N) is 3. The number of rotatable bonds is 4. The lowest BCUT2D eigenvalue weighted by Crippen LogP contribution is -2.25. The van der Waals surface area contributed by atoms with E-state index >= 15 is 0 Å². The fraction of sp³-hybridized carbons (Fsp3) is 0.294. The summed E-state index contributed by atoms with van der Waals surface area (Å²) >= 11 is 6.02. The molecule has 0 saturated carbocycles. The molecule has 23 heavy (non-hydrogen) atoms. The summed E-state index contributed by atoms with van der Waals surface area (Å²) in [5.74, 6) is 0. The maximum atomic E-state index is 9.73. The minimum absolute atomic E-state index is 0.0224. The summed E-state index contributed by atoms with van der Waals surface area (Å²) in [6.07, 6.45) is 0. The lowest BCUT2D eigenvalue weighted by atomic mass is 9.84. The second-order valence-electron chi connectivity index (χ2n) is 6.22. The van der Waals surface area contributed by atoms with Crippen molar-refractivity contribution in [2.45, 2.75) is 25.8 Å². The molecule has 0 amide bonds. The number of hydrogen-bond acceptors (Lipinski definition) is 4. The highest BCUT2D eigenvalue weighted by Crippen LogP contribution is 2.29. The molecule has 1 heterocycles. The van der Waals surface area contributed by atoms with Crippen LogP contribution in [0.4, 0.5) is 0 Å². The Hall–Kier alpha value is -1.95. The van der Waals surface area contributed by atoms with E-state index in [0.717, 1.165) is 27.8 Å². The Morgan fingerprint density at radius 1 is 1.13 bits per heavy atom. The van der Waals surface area contributed by atoms with Crippen molar-refractivity contribution in [2.75, 3.05) is 6.61 Å². The third-order valence-electron chi connectivity index (χ3n) is 3.98. The van der Waals surface area contributed by atoms with E-state index in [1.165, 1.54) is 0 Å². The fourth-order valence-electron chi connectivity index (χ4n) is 2.52. The van der Waals surface area contributed by atoms with Crippen molar-refractivity contribution in [1.29, 1.82) is 0 Å². The second kappa shape index (κ2) is 5.92. The van der Waals surface area contributed by atoms with E-state index in [9.17, 15) is 5.11 Å². The van der Waals surface area contributed by atoms with Gasteiger partial charge in [-0.3, -0.25) is 0 Å². The number of aliphatic hydroxyl groups is 1. The van der Waals surface area contributed by atoms with Gasteiger partial charge in [-0.25, -0.2) is 0 Å². The largest absolute Gasteiger partial charge is 0.395 e. The van der Waals surface area contributed by atoms with E-state index in [-0.39, 0.29) is 6.61 Å². The first-order valence-corrected chi connectivity index (χ1v) is 7.80. The number of fused-ring (bicyclic) bond motifs is 1. The molecule has 2 aromatic carbocycles. The summed E-state index contributed by atoms with van der Waals surface area (Å²) in [6.45, 7) is 4.41. The van der Waals surface area contributed by atoms with Crippen molar-refractivity contribution in [2.24, 2.45) is 5.73 Å². The van der Waals surface area contributed by atoms with Gasteiger partial charge in [-0.2, -0.15) is 4.80 Å². The third kappa shape index (κ3) is 2.95. The van der Waals surface area contributed by atoms with Crippen LogP contribution in [0, 0.1) is 0 Å². The summed E-state index contributed by atoms with van der Waals surface area (Å²) in [4.78, 5) is 1.59. The van der Waals surface area contributed by atoms with Crippen LogP contribution in [0.15, 0.2) is 36.4 Å². The molecular formula is C17H19ClN4O. The Balaban J connectivity index is 2.22. The summed E-state index contributed by atoms with van der Waals surface area (Å²) < 4.78 is 0. The number of halogens is 1. The predicted octanol–water partition coefficient (Wildman–Crippen LogP) is 2.80. The molecule has 3 rings (SSSR count). The zero-order chi connectivity index (χ0) is 16.6. The first-order chi connectivity index (χ1) is 10.9. The molecule has 0 unspecified atom stereocenters. The van der Waals surface area contributed by atoms with Gasteiger partial charge in [0, 0.05) is 17.0 Å². The van der Waals surface area contributed by atoms with Crippen molar-refractivity contribution in [3.05, 3.63) is 52.5 Å². The molecule has 6 heteroatoms. The van der Waals surface area contributed by atoms with Gasteiger partial charge in [0.2, 0.25) is 0 Å². The molecule has 0 aliphatic carbocycles. The molecular weight excluding hydrogens is 312 g/mol. The Morgan fingerprint density at radius 2 is 1.87 bits per heavy atom. The minimum atomic E-state index is -0.417. The summed E-state index contributed by atoms with van der Waals surface area (Å²) in [7, 11) is 0. The van der Waals surface area contributed by atoms with Gasteiger partial charge in [0.05, 0.1) is 12.3 Å². The molecule has 0 aliphatic rings. The minimum Gasteiger partial charge on any atom is -0.395 e. The molecule has 0 fully saturated rings. The summed E-state index contributed by atoms with van der Waals surface area (Å²) in [5, 5.41) is 19.4. The summed E-state index contributed by atoms with van der Waals surface area (Å²) in [6, 6.07) is 11.3. The number of aliphatic hydroxyl groups excluding tert-OH is 1. The van der Waals surface area contributed by atoms with Crippen molar-refractivity contribution < 1.29 is 5.11 Å². The maximum absolute atomic E-state index is 9.73. The van der Waals surface area contributed by atoms with Gasteiger partial charge >= 0.3 is 0 Å². The topological polar surface area (TPSA) is 77.0 Å². The number of hydrogen-bond donors (Lipinski definition) is 2. The number of benzene rings is 2. The van der Waals surface area contributed by atoms with Gasteiger partial charge in [-0.15, -0.1) is 10.2 Å². The van der Waals surface area contributed by atoms with Gasteiger partial charge in [-0.05, 0) is 35.4 Å². The van der Waals surface area contributed by atoms with Gasteiger partial charge in [0.15, 0.2) is 0 Å². The first kappa shape index (κ1) is 15.9. The van der Waals surface area contributed by atoms with Crippen LogP contribution in [0.2, 0.25) is 5.02 Å². The predicted molar refractivity (Wildman–Crippen MR) is 91.9 cm³/mol. The highest BCUT2D eigenvalue weighted by molar-refractivity contribution is 6.31. The maximum Gasteiger partial charge on any atom is 0.115 e. The van der Waals surface area contributed by atoms with Crippen LogP contribution in [0.3, 0.4) is 0 Å². The lowest BCUT2D eigenvalue weighted by Gasteiger charge is -2.25. The molecule has 3 aromatic rings. The molecule has 0 aliphatic heterocycles. The Labute approximate surface area is 139 Å². The van der Waals surface area contributed by atoms with Crippen molar-refractivity contribution in [1.82, 2.24) is 15.0 Å². The molecule has 0 radical (unpaired) electrons. The summed E-state index contributed by atoms with van der Waals surface area (Å²) in [5.41, 5.74) is 9.60. The molecule has 1 aromatic heterocycles. The van der Waals surface area contributed by atoms with Crippen LogP contribution < -0.4 is 5.73 Å². The molecule has 3 N–H and O–H groups in total. The Bertz CT molecular complexity index is 857. The van der Waals surface area contributed by atoms with Crippen molar-refractivity contribution >= 4 is 22.6 Å². The highest BCUT2D eigenvalue weighted by Gasteiger charge is 2.24. The van der Waals surface area contributed by atoms with Gasteiger partial charge < -0.3 is 10.8 Å². The molecule has 0 bridgehead atoms. The van der Waals surface area contributed by atoms with Crippen LogP contribution in [0.25, 0.3) is 16.7 Å². The van der Waals surface area contributed by atoms with Gasteiger partial charge in [0.25, 0.3) is 0 Å². The lowest BCUT2D eigenvalue weighted by molar-refractivity contribution is 0.218. The Kier molecular flexibility index (Phi) is 4.10. The van der Waals surface area contributed by atoms with E-state index in [2.05, 4.69) is 10.2 Å². The molecule has 0 spiro atoms. The van der Waals surface area contributed by atoms with Crippen LogP contribution in [0.1, 0.15) is 25.0 Å². The number of aromatic nitrogens is 3. The SMILES string of the molecule is CC(C)(CO)c1ccc(CN)cc1-n1nc2ccc(Cl)cc2n1. The molecule has 120 valence electrons. The van der Waals surface area contributed by atoms with E-state index in [4.69, 9.17) is 17.3 Å². The van der Waals surface area contributed by atoms with E-state index in [1.807, 2.05) is 38.1 Å². The fourth-order valence-corrected chi connectivity index (χ4v) is 2.69. The third-order valence-corrected chi connectivity index (χ3v) is 4.22. The van der Waals surface area contributed by atoms with E-state index < -0.39 is 5.41 Å². The number of nitrogens with two attached hydrogens (primary N) is 1. The second-order valence-corrected chi connectivity index (χ2v) is 6.66. The quantitative estimate of drug-likeness (QED) is 0.771. The van der Waals surface area contributed by atoms with Crippen molar-refractivity contribution in [3.8, 4) is 5.69 Å². The molecule has 0 atom stereocenters. The van der Waals surface area contributed by atoms with Gasteiger partial charge in [0.1, 0.15) is 11.0 Å². The highest BCUT2D eigenvalue weighted by atomic mass is 35.5. The normalized spacial score (nSPS) is 12.0. The first-order valence-electron chi connectivity index (χ1n) is 7.42. The van der Waals surface area contributed by atoms with Gasteiger partial charge in [-0.1, -0.05) is 37.6 Å². The standard InChI is InChI=1S/C17H19ClN4O/c1-17(2,10-23)13-5-3-11(9-19)7-16(13)22-20-14-6-4-12(18)8-15(14)21-22/h3-8,23H,9-10,19H2,1-2H3. The molecule has 5 nitrogen and oxygen atoms in total. The Morgan fingerprint density at radius 3 is 2.57 bits per heavy atom. The van der Waals surface area contributed by atoms with Crippen LogP contribution in [-0.2, 0) is 12.0 Å². The average Bonchev–Trinajstić information content (AvgIpc) is 2.97. The average molecular weight is 331 g/mol. The van der Waals surface area contributed by atoms with Crippen LogP contribution in [-0.4, -0.2) is 26.7 Å². The van der Waals surface area contributed by atoms with Crippen LogP contribution >= 0.6 is 11.6 Å². The molecule has 0 saturated heterocycles. The zero-order valence-corrected chi connectivity index (χ0v) is 13.9. The van der Waals surface area contributed by atoms with E-state index in [1.54, 1.807) is 16.9 Å². The zero-order valence-electron chi connectivity index (χ0n) is 13.1.